The molecule has 0 bridgehead atoms. The Morgan fingerprint density at radius 1 is 1.43 bits per heavy atom. The average molecular weight is 324 g/mol. The van der Waals surface area contributed by atoms with Gasteiger partial charge in [-0.15, -0.1) is 0 Å². The van der Waals surface area contributed by atoms with Gasteiger partial charge in [-0.05, 0) is 24.7 Å². The van der Waals surface area contributed by atoms with Crippen molar-refractivity contribution in [2.75, 3.05) is 0 Å². The summed E-state index contributed by atoms with van der Waals surface area (Å²) >= 11 is 7.44. The van der Waals surface area contributed by atoms with Crippen molar-refractivity contribution in [1.29, 1.82) is 0 Å². The van der Waals surface area contributed by atoms with E-state index in [9.17, 15) is 0 Å². The number of hydrogen-bond donors (Lipinski definition) is 0. The highest BCUT2D eigenvalue weighted by Gasteiger charge is 2.25. The van der Waals surface area contributed by atoms with Crippen LogP contribution in [0.4, 0.5) is 0 Å². The molecule has 2 heteroatoms. The Morgan fingerprint density at radius 2 is 2.14 bits per heavy atom. The minimum absolute atomic E-state index is 0.553. The van der Waals surface area contributed by atoms with E-state index in [-0.39, 0.29) is 0 Å². The van der Waals surface area contributed by atoms with E-state index in [2.05, 4.69) is 57.9 Å². The Balaban J connectivity index is 2.47. The van der Waals surface area contributed by atoms with Crippen LogP contribution in [0, 0.1) is 11.8 Å². The van der Waals surface area contributed by atoms with Crippen molar-refractivity contribution in [3.63, 3.8) is 0 Å². The summed E-state index contributed by atoms with van der Waals surface area (Å²) < 4.78 is 0. The minimum Gasteiger partial charge on any atom is -0.0881 e. The standard InChI is InChI=1S/C12H20Br2/c1-3-5-10-6-4-7-11(8-10)12(14)9(2)13/h4,7,9-12H,3,5-6,8H2,1-2H3. The molecule has 0 aromatic rings. The number of alkyl halides is 2. The van der Waals surface area contributed by atoms with Crippen molar-refractivity contribution < 1.29 is 0 Å². The summed E-state index contributed by atoms with van der Waals surface area (Å²) in [4.78, 5) is 1.14. The molecule has 14 heavy (non-hydrogen) atoms. The van der Waals surface area contributed by atoms with E-state index in [0.717, 1.165) is 11.8 Å². The lowest BCUT2D eigenvalue weighted by Crippen LogP contribution is -2.24. The van der Waals surface area contributed by atoms with Crippen molar-refractivity contribution >= 4 is 31.9 Å². The molecule has 1 aliphatic carbocycles. The number of halogens is 2. The van der Waals surface area contributed by atoms with Gasteiger partial charge in [-0.2, -0.15) is 0 Å². The second kappa shape index (κ2) is 6.32. The van der Waals surface area contributed by atoms with Crippen LogP contribution >= 0.6 is 31.9 Å². The Hall–Kier alpha value is 0.700. The molecular weight excluding hydrogens is 304 g/mol. The van der Waals surface area contributed by atoms with Crippen LogP contribution in [0.3, 0.4) is 0 Å². The predicted octanol–water partition coefficient (Wildman–Crippen LogP) is 4.92. The number of allylic oxidation sites excluding steroid dienone is 2. The zero-order chi connectivity index (χ0) is 10.6. The molecule has 0 nitrogen and oxygen atoms in total. The third-order valence-electron chi connectivity index (χ3n) is 3.00. The van der Waals surface area contributed by atoms with Gasteiger partial charge in [-0.25, -0.2) is 0 Å². The lowest BCUT2D eigenvalue weighted by Gasteiger charge is -2.29. The van der Waals surface area contributed by atoms with Crippen LogP contribution in [-0.2, 0) is 0 Å². The van der Waals surface area contributed by atoms with Gasteiger partial charge in [-0.1, -0.05) is 70.7 Å². The fourth-order valence-corrected chi connectivity index (χ4v) is 3.01. The van der Waals surface area contributed by atoms with Crippen molar-refractivity contribution in [2.24, 2.45) is 11.8 Å². The molecule has 0 heterocycles. The molecule has 0 saturated heterocycles. The maximum atomic E-state index is 3.78. The highest BCUT2D eigenvalue weighted by Crippen LogP contribution is 2.34. The van der Waals surface area contributed by atoms with E-state index in [1.54, 1.807) is 0 Å². The van der Waals surface area contributed by atoms with E-state index in [1.807, 2.05) is 0 Å². The monoisotopic (exact) mass is 322 g/mol. The van der Waals surface area contributed by atoms with Gasteiger partial charge in [0.2, 0.25) is 0 Å². The lowest BCUT2D eigenvalue weighted by atomic mass is 9.82. The van der Waals surface area contributed by atoms with Crippen LogP contribution in [0.2, 0.25) is 0 Å². The van der Waals surface area contributed by atoms with Crippen LogP contribution in [0.25, 0.3) is 0 Å². The fourth-order valence-electron chi connectivity index (χ4n) is 2.23. The first-order chi connectivity index (χ1) is 6.65. The minimum atomic E-state index is 0.553. The predicted molar refractivity (Wildman–Crippen MR) is 71.4 cm³/mol. The highest BCUT2D eigenvalue weighted by molar-refractivity contribution is 9.12. The SMILES string of the molecule is CCCC1CC=CC(C(Br)C(C)Br)C1. The summed E-state index contributed by atoms with van der Waals surface area (Å²) in [6.45, 7) is 4.50. The quantitative estimate of drug-likeness (QED) is 0.509. The first-order valence-electron chi connectivity index (χ1n) is 5.60. The summed E-state index contributed by atoms with van der Waals surface area (Å²) in [5, 5.41) is 0. The molecule has 0 aromatic carbocycles. The number of hydrogen-bond acceptors (Lipinski definition) is 0. The molecule has 0 fully saturated rings. The Morgan fingerprint density at radius 3 is 2.71 bits per heavy atom. The molecule has 1 rings (SSSR count). The molecule has 0 amide bonds. The van der Waals surface area contributed by atoms with Gasteiger partial charge >= 0.3 is 0 Å². The van der Waals surface area contributed by atoms with Crippen LogP contribution in [0.15, 0.2) is 12.2 Å². The Labute approximate surface area is 105 Å². The molecule has 82 valence electrons. The summed E-state index contributed by atoms with van der Waals surface area (Å²) in [7, 11) is 0. The van der Waals surface area contributed by atoms with Crippen molar-refractivity contribution in [3.8, 4) is 0 Å². The van der Waals surface area contributed by atoms with Crippen molar-refractivity contribution in [1.82, 2.24) is 0 Å². The topological polar surface area (TPSA) is 0 Å². The van der Waals surface area contributed by atoms with Gasteiger partial charge in [0.05, 0.1) is 0 Å². The van der Waals surface area contributed by atoms with E-state index < -0.39 is 0 Å². The molecule has 0 aromatic heterocycles. The maximum absolute atomic E-state index is 3.78. The van der Waals surface area contributed by atoms with Crippen molar-refractivity contribution in [3.05, 3.63) is 12.2 Å². The van der Waals surface area contributed by atoms with Gasteiger partial charge in [0, 0.05) is 9.65 Å². The first-order valence-corrected chi connectivity index (χ1v) is 7.43. The van der Waals surface area contributed by atoms with Crippen LogP contribution in [-0.4, -0.2) is 9.65 Å². The van der Waals surface area contributed by atoms with E-state index in [1.165, 1.54) is 25.7 Å². The molecule has 0 radical (unpaired) electrons. The normalized spacial score (nSPS) is 31.4. The smallest absolute Gasteiger partial charge is 0.0331 e. The third-order valence-corrected chi connectivity index (χ3v) is 5.75. The molecule has 0 aliphatic heterocycles. The van der Waals surface area contributed by atoms with E-state index in [4.69, 9.17) is 0 Å². The van der Waals surface area contributed by atoms with Crippen molar-refractivity contribution in [2.45, 2.75) is 49.2 Å². The molecule has 0 saturated carbocycles. The number of rotatable bonds is 4. The second-order valence-corrected chi connectivity index (χ2v) is 6.84. The Kier molecular flexibility index (Phi) is 5.76. The average Bonchev–Trinajstić information content (AvgIpc) is 2.17. The summed E-state index contributed by atoms with van der Waals surface area (Å²) in [6.07, 6.45) is 10.1. The molecule has 4 unspecified atom stereocenters. The maximum Gasteiger partial charge on any atom is 0.0331 e. The Bertz CT molecular complexity index is 187. The van der Waals surface area contributed by atoms with Gasteiger partial charge in [0.1, 0.15) is 0 Å². The molecule has 0 N–H and O–H groups in total. The van der Waals surface area contributed by atoms with Gasteiger partial charge in [-0.3, -0.25) is 0 Å². The molecular formula is C12H20Br2. The fraction of sp³-hybridized carbons (Fsp3) is 0.833. The zero-order valence-electron chi connectivity index (χ0n) is 9.05. The second-order valence-electron chi connectivity index (χ2n) is 4.34. The van der Waals surface area contributed by atoms with Crippen LogP contribution in [0.5, 0.6) is 0 Å². The zero-order valence-corrected chi connectivity index (χ0v) is 12.2. The van der Waals surface area contributed by atoms with Crippen LogP contribution < -0.4 is 0 Å². The van der Waals surface area contributed by atoms with E-state index in [0.29, 0.717) is 9.65 Å². The van der Waals surface area contributed by atoms with Gasteiger partial charge in [0.25, 0.3) is 0 Å². The largest absolute Gasteiger partial charge is 0.0881 e. The van der Waals surface area contributed by atoms with Gasteiger partial charge in [0.15, 0.2) is 0 Å². The molecule has 0 spiro atoms. The highest BCUT2D eigenvalue weighted by atomic mass is 79.9. The summed E-state index contributed by atoms with van der Waals surface area (Å²) in [5.41, 5.74) is 0. The summed E-state index contributed by atoms with van der Waals surface area (Å²) in [5.74, 6) is 1.64. The first kappa shape index (κ1) is 12.8. The summed E-state index contributed by atoms with van der Waals surface area (Å²) in [6, 6.07) is 0. The van der Waals surface area contributed by atoms with Crippen LogP contribution in [0.1, 0.15) is 39.5 Å². The molecule has 4 atom stereocenters. The third kappa shape index (κ3) is 3.69. The lowest BCUT2D eigenvalue weighted by molar-refractivity contribution is 0.369. The molecule has 1 aliphatic rings. The van der Waals surface area contributed by atoms with E-state index >= 15 is 0 Å². The van der Waals surface area contributed by atoms with Gasteiger partial charge < -0.3 is 0 Å².